The van der Waals surface area contributed by atoms with Gasteiger partial charge in [0.15, 0.2) is 0 Å². The van der Waals surface area contributed by atoms with Gasteiger partial charge in [-0.1, -0.05) is 159 Å². The summed E-state index contributed by atoms with van der Waals surface area (Å²) >= 11 is 0. The zero-order chi connectivity index (χ0) is 38.1. The summed E-state index contributed by atoms with van der Waals surface area (Å²) in [4.78, 5) is 2.39. The number of fused-ring (bicyclic) bond motifs is 8. The van der Waals surface area contributed by atoms with Crippen molar-refractivity contribution >= 4 is 49.8 Å². The van der Waals surface area contributed by atoms with Crippen LogP contribution in [0.1, 0.15) is 25.0 Å². The van der Waals surface area contributed by atoms with Gasteiger partial charge < -0.3 is 9.32 Å². The van der Waals surface area contributed by atoms with E-state index in [0.717, 1.165) is 44.6 Å². The maximum atomic E-state index is 6.48. The average molecular weight is 730 g/mol. The van der Waals surface area contributed by atoms with Gasteiger partial charge in [-0.25, -0.2) is 0 Å². The van der Waals surface area contributed by atoms with Gasteiger partial charge >= 0.3 is 0 Å². The van der Waals surface area contributed by atoms with Gasteiger partial charge in [-0.2, -0.15) is 0 Å². The molecule has 1 aliphatic rings. The van der Waals surface area contributed by atoms with Crippen molar-refractivity contribution in [2.75, 3.05) is 4.90 Å². The van der Waals surface area contributed by atoms with Crippen molar-refractivity contribution in [2.24, 2.45) is 0 Å². The van der Waals surface area contributed by atoms with Gasteiger partial charge in [0, 0.05) is 33.2 Å². The van der Waals surface area contributed by atoms with E-state index in [-0.39, 0.29) is 5.41 Å². The van der Waals surface area contributed by atoms with Crippen molar-refractivity contribution in [3.63, 3.8) is 0 Å². The molecule has 0 spiro atoms. The van der Waals surface area contributed by atoms with Crippen LogP contribution >= 0.6 is 0 Å². The molecule has 1 aliphatic carbocycles. The van der Waals surface area contributed by atoms with Gasteiger partial charge in [0.05, 0.1) is 0 Å². The summed E-state index contributed by atoms with van der Waals surface area (Å²) < 4.78 is 6.48. The Kier molecular flexibility index (Phi) is 7.55. The van der Waals surface area contributed by atoms with Crippen LogP contribution in [0.3, 0.4) is 0 Å². The molecule has 10 aromatic rings. The normalized spacial score (nSPS) is 12.9. The van der Waals surface area contributed by atoms with Gasteiger partial charge in [-0.15, -0.1) is 0 Å². The van der Waals surface area contributed by atoms with E-state index in [4.69, 9.17) is 4.42 Å². The molecule has 2 nitrogen and oxygen atoms in total. The largest absolute Gasteiger partial charge is 0.456 e. The smallest absolute Gasteiger partial charge is 0.136 e. The SMILES string of the molecule is CC1(C)c2ccccc2-c2ccc(N(c3ccc(-c4ccccc4)cc3)c3ccc(-c4ccc5c(-c6ccccc6)cc6oc7ccccc7c6c5c4)cc3)cc21. The lowest BCUT2D eigenvalue weighted by Gasteiger charge is -2.28. The highest BCUT2D eigenvalue weighted by atomic mass is 16.3. The van der Waals surface area contributed by atoms with E-state index in [1.165, 1.54) is 60.8 Å². The molecule has 2 heteroatoms. The molecule has 9 aromatic carbocycles. The lowest BCUT2D eigenvalue weighted by molar-refractivity contribution is 0.660. The minimum atomic E-state index is -0.100. The Morgan fingerprint density at radius 2 is 0.912 bits per heavy atom. The van der Waals surface area contributed by atoms with Gasteiger partial charge in [-0.05, 0) is 121 Å². The Bertz CT molecular complexity index is 3120. The second-order valence-corrected chi connectivity index (χ2v) is 15.7. The fraction of sp³-hybridized carbons (Fsp3) is 0.0545. The van der Waals surface area contributed by atoms with Crippen LogP contribution in [0.2, 0.25) is 0 Å². The van der Waals surface area contributed by atoms with Crippen molar-refractivity contribution in [3.05, 3.63) is 211 Å². The average Bonchev–Trinajstić information content (AvgIpc) is 3.76. The molecule has 0 unspecified atom stereocenters. The van der Waals surface area contributed by atoms with Crippen LogP contribution in [0.25, 0.3) is 77.2 Å². The quantitative estimate of drug-likeness (QED) is 0.169. The van der Waals surface area contributed by atoms with Crippen LogP contribution in [0.4, 0.5) is 17.1 Å². The number of benzene rings is 9. The number of hydrogen-bond acceptors (Lipinski definition) is 2. The first-order chi connectivity index (χ1) is 28.0. The van der Waals surface area contributed by atoms with Crippen molar-refractivity contribution in [1.29, 1.82) is 0 Å². The van der Waals surface area contributed by atoms with E-state index in [1.807, 2.05) is 6.07 Å². The van der Waals surface area contributed by atoms with Crippen LogP contribution < -0.4 is 4.90 Å². The third-order valence-electron chi connectivity index (χ3n) is 12.1. The van der Waals surface area contributed by atoms with E-state index in [9.17, 15) is 0 Å². The van der Waals surface area contributed by atoms with E-state index >= 15 is 0 Å². The molecule has 0 N–H and O–H groups in total. The molecule has 1 aromatic heterocycles. The second kappa shape index (κ2) is 13.0. The number of para-hydroxylation sites is 1. The predicted molar refractivity (Wildman–Crippen MR) is 240 cm³/mol. The Labute approximate surface area is 332 Å². The van der Waals surface area contributed by atoms with Crippen LogP contribution in [0, 0.1) is 0 Å². The topological polar surface area (TPSA) is 16.4 Å². The molecular formula is C55H39NO. The number of rotatable bonds is 6. The molecule has 270 valence electrons. The zero-order valence-electron chi connectivity index (χ0n) is 31.9. The third-order valence-corrected chi connectivity index (χ3v) is 12.1. The summed E-state index contributed by atoms with van der Waals surface area (Å²) in [5, 5.41) is 4.71. The fourth-order valence-corrected chi connectivity index (χ4v) is 9.19. The lowest BCUT2D eigenvalue weighted by Crippen LogP contribution is -2.16. The summed E-state index contributed by atoms with van der Waals surface area (Å²) in [6.07, 6.45) is 0. The first-order valence-corrected chi connectivity index (χ1v) is 19.8. The Balaban J connectivity index is 1.04. The number of furan rings is 1. The molecule has 0 aliphatic heterocycles. The first-order valence-electron chi connectivity index (χ1n) is 19.8. The number of hydrogen-bond donors (Lipinski definition) is 0. The summed E-state index contributed by atoms with van der Waals surface area (Å²) in [5.41, 5.74) is 17.6. The summed E-state index contributed by atoms with van der Waals surface area (Å²) in [6.45, 7) is 4.70. The molecule has 0 saturated heterocycles. The molecule has 0 amide bonds. The highest BCUT2D eigenvalue weighted by Crippen LogP contribution is 2.51. The van der Waals surface area contributed by atoms with Crippen LogP contribution in [-0.2, 0) is 5.41 Å². The van der Waals surface area contributed by atoms with E-state index in [2.05, 4.69) is 213 Å². The second-order valence-electron chi connectivity index (χ2n) is 15.7. The van der Waals surface area contributed by atoms with Crippen LogP contribution in [-0.4, -0.2) is 0 Å². The minimum Gasteiger partial charge on any atom is -0.456 e. The van der Waals surface area contributed by atoms with E-state index in [1.54, 1.807) is 0 Å². The molecule has 57 heavy (non-hydrogen) atoms. The van der Waals surface area contributed by atoms with Gasteiger partial charge in [0.1, 0.15) is 11.2 Å². The summed E-state index contributed by atoms with van der Waals surface area (Å²) in [5.74, 6) is 0. The Morgan fingerprint density at radius 3 is 1.65 bits per heavy atom. The van der Waals surface area contributed by atoms with Crippen LogP contribution in [0.15, 0.2) is 205 Å². The maximum Gasteiger partial charge on any atom is 0.136 e. The predicted octanol–water partition coefficient (Wildman–Crippen LogP) is 15.5. The highest BCUT2D eigenvalue weighted by molar-refractivity contribution is 6.22. The first kappa shape index (κ1) is 33.2. The third kappa shape index (κ3) is 5.40. The standard InChI is InChI=1S/C55H39NO/c1-55(2)50-19-11-9-17-45(50)46-32-30-43(34-51(46)55)56(41-26-21-37(22-27-41)36-13-5-3-6-14-36)42-28-23-38(24-29-42)40-25-31-44-48(39-15-7-4-8-16-39)35-53-54(49(44)33-40)47-18-10-12-20-52(47)57-53/h3-35H,1-2H3. The number of nitrogens with zero attached hydrogens (tertiary/aromatic N) is 1. The Hall–Kier alpha value is -7.16. The molecule has 0 radical (unpaired) electrons. The van der Waals surface area contributed by atoms with Crippen LogP contribution in [0.5, 0.6) is 0 Å². The summed E-state index contributed by atoms with van der Waals surface area (Å²) in [6, 6.07) is 72.6. The molecular weight excluding hydrogens is 691 g/mol. The van der Waals surface area contributed by atoms with Crippen molar-refractivity contribution in [2.45, 2.75) is 19.3 Å². The monoisotopic (exact) mass is 729 g/mol. The van der Waals surface area contributed by atoms with E-state index < -0.39 is 0 Å². The molecule has 0 atom stereocenters. The minimum absolute atomic E-state index is 0.100. The van der Waals surface area contributed by atoms with Gasteiger partial charge in [0.25, 0.3) is 0 Å². The van der Waals surface area contributed by atoms with Gasteiger partial charge in [0.2, 0.25) is 0 Å². The Morgan fingerprint density at radius 1 is 0.351 bits per heavy atom. The van der Waals surface area contributed by atoms with Crippen molar-refractivity contribution in [3.8, 4) is 44.5 Å². The maximum absolute atomic E-state index is 6.48. The van der Waals surface area contributed by atoms with Crippen molar-refractivity contribution < 1.29 is 4.42 Å². The molecule has 0 bridgehead atoms. The van der Waals surface area contributed by atoms with Crippen molar-refractivity contribution in [1.82, 2.24) is 0 Å². The highest BCUT2D eigenvalue weighted by Gasteiger charge is 2.35. The van der Waals surface area contributed by atoms with Gasteiger partial charge in [-0.3, -0.25) is 0 Å². The molecule has 1 heterocycles. The van der Waals surface area contributed by atoms with E-state index in [0.29, 0.717) is 0 Å². The lowest BCUT2D eigenvalue weighted by atomic mass is 9.82. The number of anilines is 3. The molecule has 11 rings (SSSR count). The fourth-order valence-electron chi connectivity index (χ4n) is 9.19. The summed E-state index contributed by atoms with van der Waals surface area (Å²) in [7, 11) is 0. The zero-order valence-corrected chi connectivity index (χ0v) is 31.9. The molecule has 0 saturated carbocycles. The molecule has 0 fully saturated rings.